The molecule has 0 radical (unpaired) electrons. The quantitative estimate of drug-likeness (QED) is 0.863. The number of nitrogen functional groups attached to an aromatic ring is 1. The molecule has 108 valence electrons. The first-order chi connectivity index (χ1) is 10.1. The monoisotopic (exact) mass is 288 g/mol. The highest BCUT2D eigenvalue weighted by Crippen LogP contribution is 2.35. The summed E-state index contributed by atoms with van der Waals surface area (Å²) in [4.78, 5) is 13.5. The molecule has 3 rings (SSSR count). The number of halogens is 2. The molecular formula is C16H14F2N2O. The third-order valence-electron chi connectivity index (χ3n) is 3.70. The lowest BCUT2D eigenvalue weighted by Crippen LogP contribution is -2.35. The maximum atomic E-state index is 14.1. The lowest BCUT2D eigenvalue weighted by Gasteiger charge is -2.30. The van der Waals surface area contributed by atoms with E-state index in [0.717, 1.165) is 11.6 Å². The van der Waals surface area contributed by atoms with Gasteiger partial charge in [0.15, 0.2) is 11.6 Å². The Hall–Kier alpha value is -2.43. The highest BCUT2D eigenvalue weighted by molar-refractivity contribution is 5.96. The molecule has 0 fully saturated rings. The normalized spacial score (nSPS) is 14.2. The van der Waals surface area contributed by atoms with Crippen LogP contribution in [0.15, 0.2) is 36.4 Å². The van der Waals surface area contributed by atoms with E-state index in [1.807, 2.05) is 30.3 Å². The molecule has 0 saturated carbocycles. The van der Waals surface area contributed by atoms with Gasteiger partial charge in [-0.1, -0.05) is 30.3 Å². The summed E-state index contributed by atoms with van der Waals surface area (Å²) in [7, 11) is 0. The summed E-state index contributed by atoms with van der Waals surface area (Å²) in [5.74, 6) is -1.73. The van der Waals surface area contributed by atoms with Crippen molar-refractivity contribution in [3.05, 3.63) is 59.2 Å². The van der Waals surface area contributed by atoms with Gasteiger partial charge in [0, 0.05) is 18.1 Å². The van der Waals surface area contributed by atoms with Crippen molar-refractivity contribution in [2.24, 2.45) is 0 Å². The Kier molecular flexibility index (Phi) is 3.33. The molecule has 0 atom stereocenters. The minimum Gasteiger partial charge on any atom is -0.394 e. The number of fused-ring (bicyclic) bond motifs is 1. The number of rotatable bonds is 2. The number of carbonyl (C=O) groups is 1. The van der Waals surface area contributed by atoms with Gasteiger partial charge in [0.2, 0.25) is 5.91 Å². The summed E-state index contributed by atoms with van der Waals surface area (Å²) in [6.45, 7) is 0.287. The number of nitrogens with two attached hydrogens (primary N) is 1. The number of hydrogen-bond donors (Lipinski definition) is 1. The van der Waals surface area contributed by atoms with Crippen molar-refractivity contribution >= 4 is 17.3 Å². The Morgan fingerprint density at radius 1 is 1.14 bits per heavy atom. The molecule has 1 aliphatic heterocycles. The Bertz CT molecular complexity index is 701. The van der Waals surface area contributed by atoms with Crippen LogP contribution in [0.2, 0.25) is 0 Å². The van der Waals surface area contributed by atoms with Crippen LogP contribution in [0.25, 0.3) is 0 Å². The van der Waals surface area contributed by atoms with E-state index in [-0.39, 0.29) is 31.0 Å². The number of anilines is 2. The van der Waals surface area contributed by atoms with Gasteiger partial charge in [-0.2, -0.15) is 0 Å². The third-order valence-corrected chi connectivity index (χ3v) is 3.70. The SMILES string of the molecule is Nc1c(F)cc2c(c1F)CCC(=O)N2Cc1ccccc1. The Balaban J connectivity index is 2.05. The smallest absolute Gasteiger partial charge is 0.227 e. The average Bonchev–Trinajstić information content (AvgIpc) is 2.49. The number of benzene rings is 2. The van der Waals surface area contributed by atoms with Crippen molar-refractivity contribution in [1.29, 1.82) is 0 Å². The molecule has 0 aliphatic carbocycles. The van der Waals surface area contributed by atoms with Crippen LogP contribution in [0.1, 0.15) is 17.5 Å². The second-order valence-electron chi connectivity index (χ2n) is 5.05. The number of amides is 1. The molecule has 0 unspecified atom stereocenters. The summed E-state index contributed by atoms with van der Waals surface area (Å²) in [6.07, 6.45) is 0.442. The molecule has 0 bridgehead atoms. The van der Waals surface area contributed by atoms with Crippen LogP contribution in [-0.4, -0.2) is 5.91 Å². The molecule has 2 aromatic rings. The minimum absolute atomic E-state index is 0.144. The molecule has 0 aromatic heterocycles. The fraction of sp³-hybridized carbons (Fsp3) is 0.188. The average molecular weight is 288 g/mol. The van der Waals surface area contributed by atoms with Gasteiger partial charge in [-0.3, -0.25) is 4.79 Å². The van der Waals surface area contributed by atoms with Crippen molar-refractivity contribution in [2.45, 2.75) is 19.4 Å². The van der Waals surface area contributed by atoms with Gasteiger partial charge in [-0.15, -0.1) is 0 Å². The minimum atomic E-state index is -0.834. The van der Waals surface area contributed by atoms with Crippen LogP contribution in [0, 0.1) is 11.6 Å². The van der Waals surface area contributed by atoms with E-state index in [0.29, 0.717) is 5.56 Å². The number of carbonyl (C=O) groups excluding carboxylic acids is 1. The van der Waals surface area contributed by atoms with Gasteiger partial charge in [0.05, 0.1) is 12.2 Å². The summed E-state index contributed by atoms with van der Waals surface area (Å²) >= 11 is 0. The maximum absolute atomic E-state index is 14.1. The van der Waals surface area contributed by atoms with Crippen LogP contribution < -0.4 is 10.6 Å². The number of hydrogen-bond acceptors (Lipinski definition) is 2. The lowest BCUT2D eigenvalue weighted by molar-refractivity contribution is -0.119. The molecule has 3 nitrogen and oxygen atoms in total. The predicted molar refractivity (Wildman–Crippen MR) is 76.7 cm³/mol. The van der Waals surface area contributed by atoms with Crippen molar-refractivity contribution in [3.8, 4) is 0 Å². The van der Waals surface area contributed by atoms with E-state index in [1.54, 1.807) is 0 Å². The van der Waals surface area contributed by atoms with Gasteiger partial charge in [-0.25, -0.2) is 8.78 Å². The first-order valence-corrected chi connectivity index (χ1v) is 6.68. The van der Waals surface area contributed by atoms with Gasteiger partial charge >= 0.3 is 0 Å². The van der Waals surface area contributed by atoms with Crippen molar-refractivity contribution in [2.75, 3.05) is 10.6 Å². The lowest BCUT2D eigenvalue weighted by atomic mass is 9.98. The molecule has 5 heteroatoms. The molecule has 1 heterocycles. The molecule has 2 aromatic carbocycles. The molecule has 0 saturated heterocycles. The molecule has 21 heavy (non-hydrogen) atoms. The standard InChI is InChI=1S/C16H14F2N2O/c17-12-8-13-11(15(18)16(12)19)6-7-14(21)20(13)9-10-4-2-1-3-5-10/h1-5,8H,6-7,9,19H2. The van der Waals surface area contributed by atoms with E-state index < -0.39 is 17.3 Å². The van der Waals surface area contributed by atoms with Crippen LogP contribution in [0.3, 0.4) is 0 Å². The van der Waals surface area contributed by atoms with Crippen LogP contribution in [0.4, 0.5) is 20.2 Å². The van der Waals surface area contributed by atoms with Gasteiger partial charge in [-0.05, 0) is 12.0 Å². The Labute approximate surface area is 121 Å². The van der Waals surface area contributed by atoms with E-state index >= 15 is 0 Å². The zero-order valence-electron chi connectivity index (χ0n) is 11.3. The largest absolute Gasteiger partial charge is 0.394 e. The van der Waals surface area contributed by atoms with Crippen LogP contribution in [0.5, 0.6) is 0 Å². The first-order valence-electron chi connectivity index (χ1n) is 6.68. The summed E-state index contributed by atoms with van der Waals surface area (Å²) in [5.41, 5.74) is 6.39. The van der Waals surface area contributed by atoms with Crippen LogP contribution >= 0.6 is 0 Å². The fourth-order valence-corrected chi connectivity index (χ4v) is 2.58. The van der Waals surface area contributed by atoms with E-state index in [4.69, 9.17) is 5.73 Å². The molecular weight excluding hydrogens is 274 g/mol. The van der Waals surface area contributed by atoms with Crippen molar-refractivity contribution in [1.82, 2.24) is 0 Å². The Morgan fingerprint density at radius 2 is 1.86 bits per heavy atom. The molecule has 2 N–H and O–H groups in total. The van der Waals surface area contributed by atoms with Gasteiger partial charge < -0.3 is 10.6 Å². The number of nitrogens with zero attached hydrogens (tertiary/aromatic N) is 1. The fourth-order valence-electron chi connectivity index (χ4n) is 2.58. The topological polar surface area (TPSA) is 46.3 Å². The van der Waals surface area contributed by atoms with Crippen molar-refractivity contribution < 1.29 is 13.6 Å². The van der Waals surface area contributed by atoms with Gasteiger partial charge in [0.1, 0.15) is 5.69 Å². The summed E-state index contributed by atoms with van der Waals surface area (Å²) in [5, 5.41) is 0. The molecule has 1 amide bonds. The van der Waals surface area contributed by atoms with Gasteiger partial charge in [0.25, 0.3) is 0 Å². The van der Waals surface area contributed by atoms with Crippen molar-refractivity contribution in [3.63, 3.8) is 0 Å². The first kappa shape index (κ1) is 13.5. The predicted octanol–water partition coefficient (Wildman–Crippen LogP) is 3.03. The Morgan fingerprint density at radius 3 is 2.57 bits per heavy atom. The second-order valence-corrected chi connectivity index (χ2v) is 5.05. The second kappa shape index (κ2) is 5.16. The maximum Gasteiger partial charge on any atom is 0.227 e. The van der Waals surface area contributed by atoms with E-state index in [1.165, 1.54) is 4.90 Å². The molecule has 0 spiro atoms. The zero-order valence-corrected chi connectivity index (χ0v) is 11.3. The molecule has 1 aliphatic rings. The van der Waals surface area contributed by atoms with E-state index in [9.17, 15) is 13.6 Å². The zero-order chi connectivity index (χ0) is 15.0. The highest BCUT2D eigenvalue weighted by atomic mass is 19.1. The van der Waals surface area contributed by atoms with Crippen LogP contribution in [-0.2, 0) is 17.8 Å². The summed E-state index contributed by atoms with van der Waals surface area (Å²) in [6, 6.07) is 10.5. The summed E-state index contributed by atoms with van der Waals surface area (Å²) < 4.78 is 27.8. The van der Waals surface area contributed by atoms with E-state index in [2.05, 4.69) is 0 Å². The third kappa shape index (κ3) is 2.35. The highest BCUT2D eigenvalue weighted by Gasteiger charge is 2.29.